The summed E-state index contributed by atoms with van der Waals surface area (Å²) in [5.74, 6) is -1.33. The minimum Gasteiger partial charge on any atom is -0.478 e. The topological polar surface area (TPSA) is 71.3 Å². The smallest absolute Gasteiger partial charge is 0.416 e. The molecule has 0 radical (unpaired) electrons. The van der Waals surface area contributed by atoms with Gasteiger partial charge in [0.1, 0.15) is 0 Å². The fraction of sp³-hybridized carbons (Fsp3) is 0.200. The minimum absolute atomic E-state index is 0.159. The van der Waals surface area contributed by atoms with Crippen molar-refractivity contribution in [3.63, 3.8) is 0 Å². The van der Waals surface area contributed by atoms with E-state index in [2.05, 4.69) is 5.32 Å². The molecule has 0 unspecified atom stereocenters. The summed E-state index contributed by atoms with van der Waals surface area (Å²) in [5.41, 5.74) is 1.29. The zero-order chi connectivity index (χ0) is 24.7. The number of carbonyl (C=O) groups excluding carboxylic acids is 1. The lowest BCUT2D eigenvalue weighted by Gasteiger charge is -2.27. The molecule has 5 nitrogen and oxygen atoms in total. The Morgan fingerprint density at radius 3 is 2.18 bits per heavy atom. The number of fused-ring (bicyclic) bond motifs is 1. The van der Waals surface area contributed by atoms with Gasteiger partial charge in [-0.3, -0.25) is 4.79 Å². The summed E-state index contributed by atoms with van der Waals surface area (Å²) in [6.07, 6.45) is -2.58. The molecule has 0 aliphatic rings. The molecule has 2 heterocycles. The van der Waals surface area contributed by atoms with Gasteiger partial charge in [-0.05, 0) is 55.3 Å². The average molecular weight is 487 g/mol. The SMILES string of the molecule is CC(C)(NC(=O)c1csc2ccn(Cc3ccc(C(F)(F)F)cc3)c12)c1ccc(C(=O)O)cc1. The summed E-state index contributed by atoms with van der Waals surface area (Å²) in [4.78, 5) is 24.3. The molecule has 4 rings (SSSR count). The zero-order valence-corrected chi connectivity index (χ0v) is 19.1. The quantitative estimate of drug-likeness (QED) is 0.344. The van der Waals surface area contributed by atoms with Crippen molar-refractivity contribution in [1.29, 1.82) is 0 Å². The van der Waals surface area contributed by atoms with Crippen LogP contribution in [0.3, 0.4) is 0 Å². The number of carbonyl (C=O) groups is 2. The summed E-state index contributed by atoms with van der Waals surface area (Å²) in [6, 6.07) is 13.2. The van der Waals surface area contributed by atoms with Crippen molar-refractivity contribution >= 4 is 33.4 Å². The Kier molecular flexibility index (Phi) is 5.99. The summed E-state index contributed by atoms with van der Waals surface area (Å²) < 4.78 is 41.3. The van der Waals surface area contributed by atoms with Crippen LogP contribution in [0.4, 0.5) is 13.2 Å². The Balaban J connectivity index is 1.57. The minimum atomic E-state index is -4.39. The first-order valence-electron chi connectivity index (χ1n) is 10.3. The highest BCUT2D eigenvalue weighted by Gasteiger charge is 2.30. The van der Waals surface area contributed by atoms with Crippen molar-refractivity contribution in [3.8, 4) is 0 Å². The highest BCUT2D eigenvalue weighted by atomic mass is 32.1. The Bertz CT molecular complexity index is 1350. The number of benzene rings is 2. The Hall–Kier alpha value is -3.59. The average Bonchev–Trinajstić information content (AvgIpc) is 3.36. The summed E-state index contributed by atoms with van der Waals surface area (Å²) in [6.45, 7) is 3.97. The second-order valence-corrected chi connectivity index (χ2v) is 9.37. The molecule has 0 fully saturated rings. The highest BCUT2D eigenvalue weighted by molar-refractivity contribution is 7.17. The molecule has 0 bridgehead atoms. The van der Waals surface area contributed by atoms with E-state index in [4.69, 9.17) is 5.11 Å². The van der Waals surface area contributed by atoms with E-state index in [-0.39, 0.29) is 11.5 Å². The zero-order valence-electron chi connectivity index (χ0n) is 18.3. The standard InChI is InChI=1S/C25H21F3N2O3S/c1-24(2,17-9-5-16(6-10-17)23(32)33)29-22(31)19-14-34-20-11-12-30(21(19)20)13-15-3-7-18(8-4-15)25(26,27)28/h3-12,14H,13H2,1-2H3,(H,29,31)(H,32,33). The first-order valence-corrected chi connectivity index (χ1v) is 11.2. The predicted octanol–water partition coefficient (Wildman–Crippen LogP) is 6.13. The van der Waals surface area contributed by atoms with Crippen molar-refractivity contribution in [2.75, 3.05) is 0 Å². The van der Waals surface area contributed by atoms with Gasteiger partial charge < -0.3 is 15.0 Å². The number of halogens is 3. The number of hydrogen-bond acceptors (Lipinski definition) is 3. The van der Waals surface area contributed by atoms with Gasteiger partial charge in [0.25, 0.3) is 5.91 Å². The normalized spacial score (nSPS) is 12.1. The maximum atomic E-state index is 13.2. The molecule has 176 valence electrons. The van der Waals surface area contributed by atoms with E-state index in [9.17, 15) is 22.8 Å². The first-order chi connectivity index (χ1) is 16.0. The number of aromatic nitrogens is 1. The van der Waals surface area contributed by atoms with E-state index in [1.807, 2.05) is 30.7 Å². The maximum absolute atomic E-state index is 13.2. The molecule has 2 N–H and O–H groups in total. The van der Waals surface area contributed by atoms with Crippen LogP contribution in [0.1, 0.15) is 51.3 Å². The predicted molar refractivity (Wildman–Crippen MR) is 124 cm³/mol. The van der Waals surface area contributed by atoms with Gasteiger partial charge in [0.2, 0.25) is 0 Å². The lowest BCUT2D eigenvalue weighted by Crippen LogP contribution is -2.41. The van der Waals surface area contributed by atoms with Crippen LogP contribution in [0.5, 0.6) is 0 Å². The second-order valence-electron chi connectivity index (χ2n) is 8.46. The van der Waals surface area contributed by atoms with E-state index in [1.54, 1.807) is 17.5 Å². The number of rotatable bonds is 6. The van der Waals surface area contributed by atoms with Crippen LogP contribution in [-0.2, 0) is 18.3 Å². The molecule has 9 heteroatoms. The number of nitrogens with one attached hydrogen (secondary N) is 1. The number of thiophene rings is 1. The number of aromatic carboxylic acids is 1. The van der Waals surface area contributed by atoms with Gasteiger partial charge in [0.05, 0.1) is 32.4 Å². The first kappa shape index (κ1) is 23.6. The van der Waals surface area contributed by atoms with Gasteiger partial charge in [0.15, 0.2) is 0 Å². The highest BCUT2D eigenvalue weighted by Crippen LogP contribution is 2.31. The maximum Gasteiger partial charge on any atom is 0.416 e. The van der Waals surface area contributed by atoms with Crippen LogP contribution in [0.2, 0.25) is 0 Å². The molecule has 0 spiro atoms. The van der Waals surface area contributed by atoms with Gasteiger partial charge in [-0.15, -0.1) is 11.3 Å². The second kappa shape index (κ2) is 8.64. The lowest BCUT2D eigenvalue weighted by molar-refractivity contribution is -0.137. The molecule has 0 aliphatic heterocycles. The molecule has 2 aromatic heterocycles. The van der Waals surface area contributed by atoms with Crippen LogP contribution < -0.4 is 5.32 Å². The third kappa shape index (κ3) is 4.70. The van der Waals surface area contributed by atoms with Gasteiger partial charge in [-0.1, -0.05) is 24.3 Å². The summed E-state index contributed by atoms with van der Waals surface area (Å²) in [5, 5.41) is 13.8. The number of nitrogens with zero attached hydrogens (tertiary/aromatic N) is 1. The molecule has 34 heavy (non-hydrogen) atoms. The Morgan fingerprint density at radius 1 is 0.971 bits per heavy atom. The fourth-order valence-corrected chi connectivity index (χ4v) is 4.70. The van der Waals surface area contributed by atoms with Crippen molar-refractivity contribution in [2.24, 2.45) is 0 Å². The molecule has 2 aromatic carbocycles. The van der Waals surface area contributed by atoms with Crippen LogP contribution >= 0.6 is 11.3 Å². The molecule has 0 saturated heterocycles. The van der Waals surface area contributed by atoms with Gasteiger partial charge >= 0.3 is 12.1 Å². The molecule has 1 amide bonds. The Morgan fingerprint density at radius 2 is 1.59 bits per heavy atom. The third-order valence-electron chi connectivity index (χ3n) is 5.64. The van der Waals surface area contributed by atoms with Crippen LogP contribution in [0.25, 0.3) is 10.2 Å². The molecular formula is C25H21F3N2O3S. The van der Waals surface area contributed by atoms with Crippen molar-refractivity contribution in [1.82, 2.24) is 9.88 Å². The number of amides is 1. The largest absolute Gasteiger partial charge is 0.478 e. The lowest BCUT2D eigenvalue weighted by atomic mass is 9.93. The van der Waals surface area contributed by atoms with E-state index < -0.39 is 23.2 Å². The van der Waals surface area contributed by atoms with Crippen molar-refractivity contribution in [3.05, 3.63) is 94.0 Å². The van der Waals surface area contributed by atoms with Gasteiger partial charge in [0, 0.05) is 18.1 Å². The summed E-state index contributed by atoms with van der Waals surface area (Å²) in [7, 11) is 0. The molecular weight excluding hydrogens is 465 g/mol. The van der Waals surface area contributed by atoms with E-state index in [0.29, 0.717) is 23.2 Å². The fourth-order valence-electron chi connectivity index (χ4n) is 3.75. The van der Waals surface area contributed by atoms with Crippen LogP contribution in [0.15, 0.2) is 66.2 Å². The number of carboxylic acid groups (broad SMARTS) is 1. The van der Waals surface area contributed by atoms with Crippen molar-refractivity contribution in [2.45, 2.75) is 32.1 Å². The van der Waals surface area contributed by atoms with E-state index in [0.717, 1.165) is 22.4 Å². The molecule has 0 aliphatic carbocycles. The van der Waals surface area contributed by atoms with Crippen molar-refractivity contribution < 1.29 is 27.9 Å². The Labute approximate surface area is 197 Å². The van der Waals surface area contributed by atoms with Crippen LogP contribution in [0, 0.1) is 0 Å². The molecule has 4 aromatic rings. The number of hydrogen-bond donors (Lipinski definition) is 2. The summed E-state index contributed by atoms with van der Waals surface area (Å²) >= 11 is 1.41. The van der Waals surface area contributed by atoms with E-state index in [1.165, 1.54) is 35.6 Å². The van der Waals surface area contributed by atoms with Crippen LogP contribution in [-0.4, -0.2) is 21.6 Å². The van der Waals surface area contributed by atoms with E-state index >= 15 is 0 Å². The van der Waals surface area contributed by atoms with Gasteiger partial charge in [-0.2, -0.15) is 13.2 Å². The number of carboxylic acids is 1. The third-order valence-corrected chi connectivity index (χ3v) is 6.58. The van der Waals surface area contributed by atoms with Gasteiger partial charge in [-0.25, -0.2) is 4.79 Å². The number of alkyl halides is 3. The molecule has 0 atom stereocenters. The monoisotopic (exact) mass is 486 g/mol. The molecule has 0 saturated carbocycles.